The van der Waals surface area contributed by atoms with E-state index in [0.717, 1.165) is 12.1 Å². The second kappa shape index (κ2) is 6.94. The van der Waals surface area contributed by atoms with Gasteiger partial charge in [-0.3, -0.25) is 0 Å². The number of benzene rings is 1. The molecule has 3 nitrogen and oxygen atoms in total. The quantitative estimate of drug-likeness (QED) is 0.767. The summed E-state index contributed by atoms with van der Waals surface area (Å²) in [7, 11) is 1.39. The van der Waals surface area contributed by atoms with E-state index in [1.807, 2.05) is 12.1 Å². The summed E-state index contributed by atoms with van der Waals surface area (Å²) in [5.41, 5.74) is 1.63. The van der Waals surface area contributed by atoms with Crippen LogP contribution in [-0.4, -0.2) is 19.1 Å². The molecule has 0 fully saturated rings. The molecule has 0 heterocycles. The van der Waals surface area contributed by atoms with Crippen LogP contribution >= 0.6 is 0 Å². The average molecular weight is 235 g/mol. The molecular weight excluding hydrogens is 214 g/mol. The van der Waals surface area contributed by atoms with Crippen molar-refractivity contribution in [3.05, 3.63) is 29.8 Å². The summed E-state index contributed by atoms with van der Waals surface area (Å²) < 4.78 is 4.65. The second-order valence-electron chi connectivity index (χ2n) is 4.26. The Kier molecular flexibility index (Phi) is 5.53. The van der Waals surface area contributed by atoms with Crippen molar-refractivity contribution in [2.75, 3.05) is 12.4 Å². The predicted octanol–water partition coefficient (Wildman–Crippen LogP) is 3.46. The van der Waals surface area contributed by atoms with E-state index in [1.165, 1.54) is 20.0 Å². The van der Waals surface area contributed by atoms with Gasteiger partial charge in [0.1, 0.15) is 0 Å². The number of carbonyl (C=O) groups is 1. The Balaban J connectivity index is 2.53. The first-order chi connectivity index (χ1) is 8.17. The Labute approximate surface area is 103 Å². The van der Waals surface area contributed by atoms with Crippen molar-refractivity contribution >= 4 is 11.7 Å². The van der Waals surface area contributed by atoms with E-state index < -0.39 is 0 Å². The summed E-state index contributed by atoms with van der Waals surface area (Å²) >= 11 is 0. The largest absolute Gasteiger partial charge is 0.465 e. The molecule has 1 atom stereocenters. The van der Waals surface area contributed by atoms with Gasteiger partial charge in [-0.1, -0.05) is 19.8 Å². The highest BCUT2D eigenvalue weighted by Crippen LogP contribution is 2.13. The number of esters is 1. The highest BCUT2D eigenvalue weighted by molar-refractivity contribution is 5.89. The van der Waals surface area contributed by atoms with E-state index in [-0.39, 0.29) is 5.97 Å². The number of unbranched alkanes of at least 4 members (excludes halogenated alkanes) is 1. The lowest BCUT2D eigenvalue weighted by molar-refractivity contribution is 0.0601. The van der Waals surface area contributed by atoms with Crippen LogP contribution in [-0.2, 0) is 4.74 Å². The molecule has 0 aliphatic carbocycles. The zero-order chi connectivity index (χ0) is 12.7. The normalized spacial score (nSPS) is 11.9. The van der Waals surface area contributed by atoms with Gasteiger partial charge in [0.2, 0.25) is 0 Å². The molecule has 0 saturated carbocycles. The molecule has 0 aliphatic rings. The molecule has 0 amide bonds. The van der Waals surface area contributed by atoms with E-state index in [4.69, 9.17) is 0 Å². The van der Waals surface area contributed by atoms with Crippen LogP contribution in [0.2, 0.25) is 0 Å². The Hall–Kier alpha value is -1.51. The second-order valence-corrected chi connectivity index (χ2v) is 4.26. The number of ether oxygens (including phenoxy) is 1. The number of hydrogen-bond donors (Lipinski definition) is 1. The minimum Gasteiger partial charge on any atom is -0.465 e. The fraction of sp³-hybridized carbons (Fsp3) is 0.500. The lowest BCUT2D eigenvalue weighted by Gasteiger charge is -2.14. The lowest BCUT2D eigenvalue weighted by atomic mass is 10.1. The highest BCUT2D eigenvalue weighted by atomic mass is 16.5. The molecule has 1 rings (SSSR count). The third-order valence-electron chi connectivity index (χ3n) is 2.71. The molecule has 0 aromatic heterocycles. The molecule has 3 heteroatoms. The van der Waals surface area contributed by atoms with Gasteiger partial charge < -0.3 is 10.1 Å². The predicted molar refractivity (Wildman–Crippen MR) is 70.4 cm³/mol. The van der Waals surface area contributed by atoms with Gasteiger partial charge in [0.15, 0.2) is 0 Å². The van der Waals surface area contributed by atoms with Crippen molar-refractivity contribution in [1.29, 1.82) is 0 Å². The van der Waals surface area contributed by atoms with Gasteiger partial charge in [-0.2, -0.15) is 0 Å². The van der Waals surface area contributed by atoms with Gasteiger partial charge in [-0.25, -0.2) is 4.79 Å². The molecule has 0 saturated heterocycles. The van der Waals surface area contributed by atoms with Crippen LogP contribution in [0.5, 0.6) is 0 Å². The van der Waals surface area contributed by atoms with Crippen LogP contribution in [0, 0.1) is 0 Å². The topological polar surface area (TPSA) is 38.3 Å². The molecule has 1 N–H and O–H groups in total. The van der Waals surface area contributed by atoms with Crippen molar-refractivity contribution in [2.45, 2.75) is 39.2 Å². The van der Waals surface area contributed by atoms with Crippen LogP contribution in [0.25, 0.3) is 0 Å². The zero-order valence-corrected chi connectivity index (χ0v) is 10.8. The summed E-state index contributed by atoms with van der Waals surface area (Å²) in [6.07, 6.45) is 3.61. The Morgan fingerprint density at radius 1 is 1.35 bits per heavy atom. The maximum Gasteiger partial charge on any atom is 0.337 e. The zero-order valence-electron chi connectivity index (χ0n) is 10.8. The van der Waals surface area contributed by atoms with Crippen LogP contribution in [0.3, 0.4) is 0 Å². The fourth-order valence-corrected chi connectivity index (χ4v) is 1.69. The Morgan fingerprint density at radius 3 is 2.53 bits per heavy atom. The maximum absolute atomic E-state index is 11.2. The summed E-state index contributed by atoms with van der Waals surface area (Å²) in [5.74, 6) is -0.296. The monoisotopic (exact) mass is 235 g/mol. The SMILES string of the molecule is CCCCC(C)Nc1ccc(C(=O)OC)cc1. The molecule has 1 unspecified atom stereocenters. The molecule has 94 valence electrons. The van der Waals surface area contributed by atoms with E-state index >= 15 is 0 Å². The van der Waals surface area contributed by atoms with Crippen LogP contribution in [0.15, 0.2) is 24.3 Å². The Morgan fingerprint density at radius 2 is 2.00 bits per heavy atom. The van der Waals surface area contributed by atoms with Gasteiger partial charge in [0.05, 0.1) is 12.7 Å². The number of hydrogen-bond acceptors (Lipinski definition) is 3. The summed E-state index contributed by atoms with van der Waals surface area (Å²) in [5, 5.41) is 3.41. The summed E-state index contributed by atoms with van der Waals surface area (Å²) in [6.45, 7) is 4.36. The molecule has 0 spiro atoms. The number of methoxy groups -OCH3 is 1. The highest BCUT2D eigenvalue weighted by Gasteiger charge is 2.05. The van der Waals surface area contributed by atoms with Crippen molar-refractivity contribution < 1.29 is 9.53 Å². The summed E-state index contributed by atoms with van der Waals surface area (Å²) in [6, 6.07) is 7.84. The standard InChI is InChI=1S/C14H21NO2/c1-4-5-6-11(2)15-13-9-7-12(8-10-13)14(16)17-3/h7-11,15H,4-6H2,1-3H3. The van der Waals surface area contributed by atoms with Gasteiger partial charge in [0.25, 0.3) is 0 Å². The van der Waals surface area contributed by atoms with Gasteiger partial charge in [-0.15, -0.1) is 0 Å². The first kappa shape index (κ1) is 13.6. The first-order valence-electron chi connectivity index (χ1n) is 6.12. The van der Waals surface area contributed by atoms with Gasteiger partial charge in [0, 0.05) is 11.7 Å². The summed E-state index contributed by atoms with van der Waals surface area (Å²) in [4.78, 5) is 11.2. The van der Waals surface area contributed by atoms with Crippen molar-refractivity contribution in [1.82, 2.24) is 0 Å². The Bertz CT molecular complexity index is 346. The molecule has 0 radical (unpaired) electrons. The van der Waals surface area contributed by atoms with Crippen molar-refractivity contribution in [3.8, 4) is 0 Å². The third kappa shape index (κ3) is 4.47. The van der Waals surface area contributed by atoms with Crippen molar-refractivity contribution in [3.63, 3.8) is 0 Å². The minimum atomic E-state index is -0.296. The molecule has 0 aliphatic heterocycles. The van der Waals surface area contributed by atoms with Crippen molar-refractivity contribution in [2.24, 2.45) is 0 Å². The van der Waals surface area contributed by atoms with Crippen LogP contribution < -0.4 is 5.32 Å². The van der Waals surface area contributed by atoms with Crippen LogP contribution in [0.4, 0.5) is 5.69 Å². The number of nitrogens with one attached hydrogen (secondary N) is 1. The van der Waals surface area contributed by atoms with E-state index in [2.05, 4.69) is 23.9 Å². The average Bonchev–Trinajstić information content (AvgIpc) is 2.36. The fourth-order valence-electron chi connectivity index (χ4n) is 1.69. The van der Waals surface area contributed by atoms with E-state index in [9.17, 15) is 4.79 Å². The number of rotatable bonds is 6. The van der Waals surface area contributed by atoms with E-state index in [0.29, 0.717) is 11.6 Å². The van der Waals surface area contributed by atoms with E-state index in [1.54, 1.807) is 12.1 Å². The lowest BCUT2D eigenvalue weighted by Crippen LogP contribution is -2.14. The molecular formula is C14H21NO2. The van der Waals surface area contributed by atoms with Gasteiger partial charge in [-0.05, 0) is 37.6 Å². The third-order valence-corrected chi connectivity index (χ3v) is 2.71. The van der Waals surface area contributed by atoms with Gasteiger partial charge >= 0.3 is 5.97 Å². The smallest absolute Gasteiger partial charge is 0.337 e. The first-order valence-corrected chi connectivity index (χ1v) is 6.12. The maximum atomic E-state index is 11.2. The number of carbonyl (C=O) groups excluding carboxylic acids is 1. The molecule has 17 heavy (non-hydrogen) atoms. The minimum absolute atomic E-state index is 0.296. The molecule has 1 aromatic carbocycles. The van der Waals surface area contributed by atoms with Crippen LogP contribution in [0.1, 0.15) is 43.5 Å². The molecule has 1 aromatic rings. The molecule has 0 bridgehead atoms. The number of anilines is 1.